The van der Waals surface area contributed by atoms with Gasteiger partial charge in [-0.05, 0) is 31.0 Å². The van der Waals surface area contributed by atoms with Gasteiger partial charge in [-0.2, -0.15) is 18.2 Å². The molecular weight excluding hydrogens is 399 g/mol. The van der Waals surface area contributed by atoms with Crippen molar-refractivity contribution >= 4 is 28.6 Å². The van der Waals surface area contributed by atoms with Gasteiger partial charge in [0.15, 0.2) is 5.65 Å². The van der Waals surface area contributed by atoms with Gasteiger partial charge in [0, 0.05) is 25.5 Å². The van der Waals surface area contributed by atoms with Gasteiger partial charge in [0.2, 0.25) is 5.95 Å². The van der Waals surface area contributed by atoms with Gasteiger partial charge in [0.25, 0.3) is 5.56 Å². The van der Waals surface area contributed by atoms with Crippen LogP contribution in [0.3, 0.4) is 0 Å². The zero-order valence-corrected chi connectivity index (χ0v) is 15.1. The Morgan fingerprint density at radius 1 is 1.29 bits per heavy atom. The van der Waals surface area contributed by atoms with E-state index in [1.54, 1.807) is 0 Å². The zero-order chi connectivity index (χ0) is 19.9. The molecule has 7 nitrogen and oxygen atoms in total. The van der Waals surface area contributed by atoms with Crippen LogP contribution in [0.15, 0.2) is 29.2 Å². The molecule has 1 aliphatic rings. The molecule has 3 aromatic rings. The number of ether oxygens (including phenoxy) is 1. The maximum atomic E-state index is 12.8. The van der Waals surface area contributed by atoms with Crippen LogP contribution in [-0.2, 0) is 10.9 Å². The van der Waals surface area contributed by atoms with Gasteiger partial charge in [-0.1, -0.05) is 11.6 Å². The predicted molar refractivity (Wildman–Crippen MR) is 97.0 cm³/mol. The number of nitrogens with one attached hydrogen (secondary N) is 2. The Morgan fingerprint density at radius 2 is 2.04 bits per heavy atom. The molecule has 0 atom stereocenters. The molecule has 1 fully saturated rings. The molecule has 0 saturated carbocycles. The number of fused-ring (bicyclic) bond motifs is 1. The third-order valence-corrected chi connectivity index (χ3v) is 4.78. The molecule has 3 heterocycles. The van der Waals surface area contributed by atoms with E-state index in [9.17, 15) is 18.0 Å². The summed E-state index contributed by atoms with van der Waals surface area (Å²) in [5, 5.41) is 7.42. The van der Waals surface area contributed by atoms with E-state index in [1.165, 1.54) is 16.9 Å². The lowest BCUT2D eigenvalue weighted by molar-refractivity contribution is -0.137. The lowest BCUT2D eigenvalue weighted by atomic mass is 10.1. The van der Waals surface area contributed by atoms with Crippen molar-refractivity contribution in [1.82, 2.24) is 19.7 Å². The van der Waals surface area contributed by atoms with Crippen molar-refractivity contribution in [3.05, 3.63) is 45.3 Å². The highest BCUT2D eigenvalue weighted by molar-refractivity contribution is 6.32. The first-order valence-corrected chi connectivity index (χ1v) is 8.90. The van der Waals surface area contributed by atoms with Gasteiger partial charge in [-0.15, -0.1) is 5.10 Å². The Balaban J connectivity index is 1.68. The number of nitrogens with zero attached hydrogens (tertiary/aromatic N) is 3. The highest BCUT2D eigenvalue weighted by atomic mass is 35.5. The van der Waals surface area contributed by atoms with Crippen LogP contribution in [0.4, 0.5) is 19.1 Å². The monoisotopic (exact) mass is 413 g/mol. The van der Waals surface area contributed by atoms with Crippen molar-refractivity contribution in [2.45, 2.75) is 25.1 Å². The Hall–Kier alpha value is -2.59. The Bertz CT molecular complexity index is 1070. The van der Waals surface area contributed by atoms with Gasteiger partial charge in [-0.25, -0.2) is 4.68 Å². The third-order valence-electron chi connectivity index (χ3n) is 4.47. The number of aromatic amines is 1. The Kier molecular flexibility index (Phi) is 4.76. The minimum Gasteiger partial charge on any atom is -0.381 e. The van der Waals surface area contributed by atoms with Crippen LogP contribution in [0.2, 0.25) is 5.02 Å². The summed E-state index contributed by atoms with van der Waals surface area (Å²) in [5.74, 6) is 0.285. The molecule has 4 rings (SSSR count). The van der Waals surface area contributed by atoms with Crippen molar-refractivity contribution in [2.24, 2.45) is 0 Å². The summed E-state index contributed by atoms with van der Waals surface area (Å²) in [5.41, 5.74) is -0.897. The summed E-state index contributed by atoms with van der Waals surface area (Å²) in [6.45, 7) is 1.26. The number of alkyl halides is 3. The molecule has 2 N–H and O–H groups in total. The standard InChI is InChI=1S/C17H15ClF3N5O2/c18-12-7-9(17(19,20)21)1-2-13(12)26-8-11-14(25-26)23-16(24-15(11)27)22-10-3-5-28-6-4-10/h1-2,7-8,10H,3-6H2,(H2,22,23,24,25,27). The Morgan fingerprint density at radius 3 is 2.71 bits per heavy atom. The van der Waals surface area contributed by atoms with Crippen LogP contribution in [0.1, 0.15) is 18.4 Å². The third kappa shape index (κ3) is 3.69. The highest BCUT2D eigenvalue weighted by Gasteiger charge is 2.31. The molecule has 2 aromatic heterocycles. The van der Waals surface area contributed by atoms with Crippen molar-refractivity contribution < 1.29 is 17.9 Å². The SMILES string of the molecule is O=c1[nH]c(NC2CCOCC2)nc2nn(-c3ccc(C(F)(F)F)cc3Cl)cc12. The number of hydrogen-bond donors (Lipinski definition) is 2. The van der Waals surface area contributed by atoms with Gasteiger partial charge in [0.1, 0.15) is 5.39 Å². The van der Waals surface area contributed by atoms with Gasteiger partial charge in [0.05, 0.1) is 16.3 Å². The zero-order valence-electron chi connectivity index (χ0n) is 14.4. The quantitative estimate of drug-likeness (QED) is 0.687. The number of aromatic nitrogens is 4. The predicted octanol–water partition coefficient (Wildman–Crippen LogP) is 3.37. The highest BCUT2D eigenvalue weighted by Crippen LogP contribution is 2.33. The second-order valence-electron chi connectivity index (χ2n) is 6.42. The van der Waals surface area contributed by atoms with Crippen LogP contribution in [0, 0.1) is 0 Å². The van der Waals surface area contributed by atoms with Gasteiger partial charge >= 0.3 is 6.18 Å². The first-order chi connectivity index (χ1) is 13.3. The van der Waals surface area contributed by atoms with E-state index in [0.717, 1.165) is 25.0 Å². The van der Waals surface area contributed by atoms with Crippen LogP contribution < -0.4 is 10.9 Å². The molecule has 0 aliphatic carbocycles. The van der Waals surface area contributed by atoms with E-state index in [1.807, 2.05) is 0 Å². The molecule has 0 spiro atoms. The van der Waals surface area contributed by atoms with Crippen molar-refractivity contribution in [2.75, 3.05) is 18.5 Å². The molecule has 0 amide bonds. The fraction of sp³-hybridized carbons (Fsp3) is 0.353. The topological polar surface area (TPSA) is 84.8 Å². The van der Waals surface area contributed by atoms with Crippen LogP contribution in [0.5, 0.6) is 0 Å². The molecule has 1 saturated heterocycles. The minimum atomic E-state index is -4.50. The van der Waals surface area contributed by atoms with Crippen LogP contribution in [-0.4, -0.2) is 39.0 Å². The van der Waals surface area contributed by atoms with Crippen molar-refractivity contribution in [3.63, 3.8) is 0 Å². The smallest absolute Gasteiger partial charge is 0.381 e. The first kappa shape index (κ1) is 18.8. The normalized spacial score (nSPS) is 15.9. The Labute approximate surface area is 161 Å². The van der Waals surface area contributed by atoms with Crippen molar-refractivity contribution in [1.29, 1.82) is 0 Å². The number of H-pyrrole nitrogens is 1. The maximum Gasteiger partial charge on any atom is 0.416 e. The van der Waals surface area contributed by atoms with Crippen LogP contribution in [0.25, 0.3) is 16.7 Å². The number of rotatable bonds is 3. The second kappa shape index (κ2) is 7.10. The van der Waals surface area contributed by atoms with E-state index < -0.39 is 17.3 Å². The summed E-state index contributed by atoms with van der Waals surface area (Å²) in [4.78, 5) is 19.3. The first-order valence-electron chi connectivity index (χ1n) is 8.52. The molecule has 0 unspecified atom stereocenters. The fourth-order valence-corrected chi connectivity index (χ4v) is 3.28. The molecule has 11 heteroatoms. The summed E-state index contributed by atoms with van der Waals surface area (Å²) >= 11 is 6.01. The number of benzene rings is 1. The van der Waals surface area contributed by atoms with E-state index >= 15 is 0 Å². The lowest BCUT2D eigenvalue weighted by Gasteiger charge is -2.23. The largest absolute Gasteiger partial charge is 0.416 e. The van der Waals surface area contributed by atoms with E-state index in [2.05, 4.69) is 20.4 Å². The number of hydrogen-bond acceptors (Lipinski definition) is 5. The van der Waals surface area contributed by atoms with Crippen LogP contribution >= 0.6 is 11.6 Å². The summed E-state index contributed by atoms with van der Waals surface area (Å²) in [7, 11) is 0. The molecule has 1 aromatic carbocycles. The van der Waals surface area contributed by atoms with E-state index in [4.69, 9.17) is 16.3 Å². The molecule has 0 bridgehead atoms. The molecule has 28 heavy (non-hydrogen) atoms. The van der Waals surface area contributed by atoms with Gasteiger partial charge in [-0.3, -0.25) is 9.78 Å². The maximum absolute atomic E-state index is 12.8. The molecule has 0 radical (unpaired) electrons. The van der Waals surface area contributed by atoms with E-state index in [-0.39, 0.29) is 33.7 Å². The fourth-order valence-electron chi connectivity index (χ4n) is 3.01. The number of anilines is 1. The number of halogens is 4. The van der Waals surface area contributed by atoms with E-state index in [0.29, 0.717) is 13.2 Å². The summed E-state index contributed by atoms with van der Waals surface area (Å²) in [6.07, 6.45) is -1.54. The van der Waals surface area contributed by atoms with Crippen molar-refractivity contribution in [3.8, 4) is 5.69 Å². The van der Waals surface area contributed by atoms with Gasteiger partial charge < -0.3 is 10.1 Å². The molecular formula is C17H15ClF3N5O2. The molecule has 148 valence electrons. The lowest BCUT2D eigenvalue weighted by Crippen LogP contribution is -2.29. The second-order valence-corrected chi connectivity index (χ2v) is 6.83. The minimum absolute atomic E-state index is 0.126. The molecule has 1 aliphatic heterocycles. The average Bonchev–Trinajstić information content (AvgIpc) is 3.06. The average molecular weight is 414 g/mol. The summed E-state index contributed by atoms with van der Waals surface area (Å²) < 4.78 is 45.0. The summed E-state index contributed by atoms with van der Waals surface area (Å²) in [6, 6.07) is 3.05.